The van der Waals surface area contributed by atoms with Crippen LogP contribution in [0.3, 0.4) is 0 Å². The molecule has 2 N–H and O–H groups in total. The smallest absolute Gasteiger partial charge is 0.355 e. The summed E-state index contributed by atoms with van der Waals surface area (Å²) >= 11 is 1.45. The maximum Gasteiger partial charge on any atom is 0.355 e. The van der Waals surface area contributed by atoms with Gasteiger partial charge in [-0.15, -0.1) is 11.3 Å². The quantitative estimate of drug-likeness (QED) is 0.675. The lowest BCUT2D eigenvalue weighted by atomic mass is 9.96. The highest BCUT2D eigenvalue weighted by molar-refractivity contribution is 7.16. The zero-order valence-corrected chi connectivity index (χ0v) is 15.3. The SMILES string of the molecule is N#Cc1c(NC(=O)COC(=O)c2cc3ccccc3[nH]2)sc2c1CCCC2. The topological polar surface area (TPSA) is 95.0 Å². The van der Waals surface area contributed by atoms with Crippen LogP contribution < -0.4 is 5.32 Å². The number of carbonyl (C=O) groups excluding carboxylic acids is 2. The monoisotopic (exact) mass is 379 g/mol. The van der Waals surface area contributed by atoms with Crippen molar-refractivity contribution < 1.29 is 14.3 Å². The Hall–Kier alpha value is -3.11. The third kappa shape index (κ3) is 3.44. The molecule has 3 aromatic rings. The normalized spacial score (nSPS) is 13.0. The summed E-state index contributed by atoms with van der Waals surface area (Å²) in [7, 11) is 0. The number of rotatable bonds is 4. The first-order chi connectivity index (χ1) is 13.2. The van der Waals surface area contributed by atoms with E-state index in [-0.39, 0.29) is 0 Å². The number of anilines is 1. The van der Waals surface area contributed by atoms with Gasteiger partial charge in [0.1, 0.15) is 16.8 Å². The van der Waals surface area contributed by atoms with Crippen molar-refractivity contribution in [3.8, 4) is 6.07 Å². The highest BCUT2D eigenvalue weighted by Gasteiger charge is 2.22. The number of nitriles is 1. The van der Waals surface area contributed by atoms with Gasteiger partial charge < -0.3 is 15.0 Å². The molecule has 0 atom stereocenters. The van der Waals surface area contributed by atoms with Gasteiger partial charge in [-0.2, -0.15) is 5.26 Å². The number of H-pyrrole nitrogens is 1. The second kappa shape index (κ2) is 7.25. The largest absolute Gasteiger partial charge is 0.451 e. The molecule has 0 spiro atoms. The van der Waals surface area contributed by atoms with E-state index < -0.39 is 18.5 Å². The number of para-hydroxylation sites is 1. The van der Waals surface area contributed by atoms with Crippen LogP contribution in [-0.4, -0.2) is 23.5 Å². The van der Waals surface area contributed by atoms with Gasteiger partial charge in [0, 0.05) is 15.8 Å². The Labute approximate surface area is 159 Å². The van der Waals surface area contributed by atoms with E-state index in [0.717, 1.165) is 42.1 Å². The van der Waals surface area contributed by atoms with Crippen LogP contribution >= 0.6 is 11.3 Å². The van der Waals surface area contributed by atoms with Crippen LogP contribution in [0.25, 0.3) is 10.9 Å². The van der Waals surface area contributed by atoms with E-state index in [1.165, 1.54) is 16.2 Å². The Morgan fingerprint density at radius 1 is 1.26 bits per heavy atom. The summed E-state index contributed by atoms with van der Waals surface area (Å²) in [6.45, 7) is -0.401. The van der Waals surface area contributed by atoms with Gasteiger partial charge >= 0.3 is 5.97 Å². The van der Waals surface area contributed by atoms with E-state index in [2.05, 4.69) is 16.4 Å². The summed E-state index contributed by atoms with van der Waals surface area (Å²) < 4.78 is 5.11. The maximum atomic E-state index is 12.2. The van der Waals surface area contributed by atoms with Crippen molar-refractivity contribution in [2.75, 3.05) is 11.9 Å². The van der Waals surface area contributed by atoms with Gasteiger partial charge in [-0.05, 0) is 43.4 Å². The summed E-state index contributed by atoms with van der Waals surface area (Å²) in [5.74, 6) is -1.04. The molecule has 0 fully saturated rings. The zero-order chi connectivity index (χ0) is 18.8. The maximum absolute atomic E-state index is 12.2. The number of thiophene rings is 1. The molecule has 1 aromatic carbocycles. The van der Waals surface area contributed by atoms with Gasteiger partial charge in [0.2, 0.25) is 0 Å². The number of aromatic nitrogens is 1. The summed E-state index contributed by atoms with van der Waals surface area (Å²) in [4.78, 5) is 28.5. The van der Waals surface area contributed by atoms with Crippen molar-refractivity contribution in [2.24, 2.45) is 0 Å². The van der Waals surface area contributed by atoms with Crippen molar-refractivity contribution in [1.29, 1.82) is 5.26 Å². The third-order valence-electron chi connectivity index (χ3n) is 4.62. The van der Waals surface area contributed by atoms with Gasteiger partial charge in [0.15, 0.2) is 6.61 Å². The van der Waals surface area contributed by atoms with Crippen molar-refractivity contribution in [3.05, 3.63) is 52.0 Å². The van der Waals surface area contributed by atoms with Crippen molar-refractivity contribution in [3.63, 3.8) is 0 Å². The third-order valence-corrected chi connectivity index (χ3v) is 5.83. The highest BCUT2D eigenvalue weighted by Crippen LogP contribution is 2.37. The van der Waals surface area contributed by atoms with Crippen molar-refractivity contribution in [2.45, 2.75) is 25.7 Å². The minimum atomic E-state index is -0.590. The molecule has 27 heavy (non-hydrogen) atoms. The van der Waals surface area contributed by atoms with E-state index in [0.29, 0.717) is 16.3 Å². The minimum Gasteiger partial charge on any atom is -0.451 e. The Balaban J connectivity index is 1.40. The fourth-order valence-corrected chi connectivity index (χ4v) is 4.58. The standard InChI is InChI=1S/C20H17N3O3S/c21-10-14-13-6-2-4-8-17(13)27-19(14)23-18(24)11-26-20(25)16-9-12-5-1-3-7-15(12)22-16/h1,3,5,7,9,22H,2,4,6,8,11H2,(H,23,24). The lowest BCUT2D eigenvalue weighted by molar-refractivity contribution is -0.119. The van der Waals surface area contributed by atoms with E-state index in [4.69, 9.17) is 4.74 Å². The molecule has 0 bridgehead atoms. The summed E-state index contributed by atoms with van der Waals surface area (Å²) in [5, 5.41) is 13.6. The Bertz CT molecular complexity index is 1040. The van der Waals surface area contributed by atoms with E-state index in [1.807, 2.05) is 24.3 Å². The fourth-order valence-electron chi connectivity index (χ4n) is 3.33. The molecule has 0 unspecified atom stereocenters. The molecular formula is C20H17N3O3S. The van der Waals surface area contributed by atoms with Crippen LogP contribution in [0.4, 0.5) is 5.00 Å². The lowest BCUT2D eigenvalue weighted by Crippen LogP contribution is -2.21. The fraction of sp³-hybridized carbons (Fsp3) is 0.250. The first kappa shape index (κ1) is 17.3. The first-order valence-electron chi connectivity index (χ1n) is 8.75. The Kier molecular flexibility index (Phi) is 4.65. The molecule has 7 heteroatoms. The van der Waals surface area contributed by atoms with Crippen molar-refractivity contribution in [1.82, 2.24) is 4.98 Å². The zero-order valence-electron chi connectivity index (χ0n) is 14.5. The summed E-state index contributed by atoms with van der Waals surface area (Å²) in [6, 6.07) is 11.4. The van der Waals surface area contributed by atoms with Gasteiger partial charge in [-0.1, -0.05) is 18.2 Å². The first-order valence-corrected chi connectivity index (χ1v) is 9.56. The Morgan fingerprint density at radius 3 is 2.89 bits per heavy atom. The predicted octanol–water partition coefficient (Wildman–Crippen LogP) is 3.78. The molecule has 0 saturated heterocycles. The molecule has 0 radical (unpaired) electrons. The van der Waals surface area contributed by atoms with Crippen LogP contribution in [0.5, 0.6) is 0 Å². The average Bonchev–Trinajstić information content (AvgIpc) is 3.26. The van der Waals surface area contributed by atoms with Gasteiger partial charge in [0.25, 0.3) is 5.91 Å². The molecule has 1 amide bonds. The Morgan fingerprint density at radius 2 is 2.07 bits per heavy atom. The number of carbonyl (C=O) groups is 2. The summed E-state index contributed by atoms with van der Waals surface area (Å²) in [5.41, 5.74) is 2.73. The van der Waals surface area contributed by atoms with Crippen LogP contribution in [0.2, 0.25) is 0 Å². The van der Waals surface area contributed by atoms with Gasteiger partial charge in [-0.3, -0.25) is 4.79 Å². The molecule has 2 aromatic heterocycles. The average molecular weight is 379 g/mol. The van der Waals surface area contributed by atoms with E-state index in [9.17, 15) is 14.9 Å². The number of hydrogen-bond acceptors (Lipinski definition) is 5. The number of ether oxygens (including phenoxy) is 1. The highest BCUT2D eigenvalue weighted by atomic mass is 32.1. The molecule has 1 aliphatic carbocycles. The van der Waals surface area contributed by atoms with Crippen molar-refractivity contribution >= 4 is 39.1 Å². The number of aryl methyl sites for hydroxylation is 1. The summed E-state index contributed by atoms with van der Waals surface area (Å²) in [6.07, 6.45) is 3.99. The number of nitrogens with zero attached hydrogens (tertiary/aromatic N) is 1. The number of esters is 1. The van der Waals surface area contributed by atoms with Crippen LogP contribution in [0, 0.1) is 11.3 Å². The molecule has 6 nitrogen and oxygen atoms in total. The number of nitrogens with one attached hydrogen (secondary N) is 2. The number of aromatic amines is 1. The number of hydrogen-bond donors (Lipinski definition) is 2. The molecule has 136 valence electrons. The minimum absolute atomic E-state index is 0.299. The second-order valence-electron chi connectivity index (χ2n) is 6.42. The van der Waals surface area contributed by atoms with Gasteiger partial charge in [0.05, 0.1) is 5.56 Å². The van der Waals surface area contributed by atoms with E-state index in [1.54, 1.807) is 6.07 Å². The second-order valence-corrected chi connectivity index (χ2v) is 7.53. The molecule has 1 aliphatic rings. The lowest BCUT2D eigenvalue weighted by Gasteiger charge is -2.09. The molecule has 4 rings (SSSR count). The molecule has 0 saturated carbocycles. The predicted molar refractivity (Wildman–Crippen MR) is 103 cm³/mol. The number of fused-ring (bicyclic) bond motifs is 2. The van der Waals surface area contributed by atoms with Crippen LogP contribution in [0.15, 0.2) is 30.3 Å². The molecular weight excluding hydrogens is 362 g/mol. The van der Waals surface area contributed by atoms with Gasteiger partial charge in [-0.25, -0.2) is 4.79 Å². The molecule has 0 aliphatic heterocycles. The van der Waals surface area contributed by atoms with Crippen LogP contribution in [-0.2, 0) is 22.4 Å². The number of benzene rings is 1. The molecule has 2 heterocycles. The van der Waals surface area contributed by atoms with E-state index >= 15 is 0 Å². The van der Waals surface area contributed by atoms with Crippen LogP contribution in [0.1, 0.15) is 39.3 Å². The number of amides is 1.